The van der Waals surface area contributed by atoms with Crippen molar-refractivity contribution in [1.29, 1.82) is 0 Å². The Hall–Kier alpha value is -0.0131. The Bertz CT molecular complexity index is 266. The molecule has 0 saturated carbocycles. The zero-order valence-electron chi connectivity index (χ0n) is 9.89. The molecule has 0 aromatic heterocycles. The van der Waals surface area contributed by atoms with Crippen LogP contribution < -0.4 is 0 Å². The highest BCUT2D eigenvalue weighted by Crippen LogP contribution is 2.38. The van der Waals surface area contributed by atoms with E-state index in [9.17, 15) is 0 Å². The zero-order valence-corrected chi connectivity index (χ0v) is 11.8. The van der Waals surface area contributed by atoms with Gasteiger partial charge in [0.25, 0.3) is 0 Å². The molecule has 0 fully saturated rings. The number of allylic oxidation sites excluding steroid dienone is 4. The number of halogens is 1. The summed E-state index contributed by atoms with van der Waals surface area (Å²) in [6.07, 6.45) is 3.26. The van der Waals surface area contributed by atoms with Crippen LogP contribution in [-0.2, 0) is 0 Å². The van der Waals surface area contributed by atoms with Gasteiger partial charge >= 0.3 is 0 Å². The summed E-state index contributed by atoms with van der Waals surface area (Å²) in [4.78, 5) is 0. The van der Waals surface area contributed by atoms with Gasteiger partial charge in [-0.25, -0.2) is 0 Å². The van der Waals surface area contributed by atoms with Gasteiger partial charge in [0, 0.05) is 11.5 Å². The summed E-state index contributed by atoms with van der Waals surface area (Å²) in [7, 11) is -0.869. The van der Waals surface area contributed by atoms with E-state index < -0.39 is 8.80 Å². The van der Waals surface area contributed by atoms with Crippen molar-refractivity contribution in [3.8, 4) is 0 Å². The van der Waals surface area contributed by atoms with Crippen molar-refractivity contribution in [3.05, 3.63) is 21.9 Å². The second-order valence-electron chi connectivity index (χ2n) is 4.92. The molecular weight excluding hydrogens is 208 g/mol. The van der Waals surface area contributed by atoms with E-state index in [0.717, 1.165) is 22.5 Å². The molecule has 2 heteroatoms. The molecule has 0 atom stereocenters. The maximum atomic E-state index is 6.32. The Morgan fingerprint density at radius 2 is 1.71 bits per heavy atom. The summed E-state index contributed by atoms with van der Waals surface area (Å²) >= 11 is 6.32. The standard InChI is InChI=1S/C12H21ClSi/c1-8(2)14(9(3)4)12-10(5)6-7-11(12)13/h6,8-9,14H,7H2,1-5H3. The van der Waals surface area contributed by atoms with E-state index in [-0.39, 0.29) is 0 Å². The Labute approximate surface area is 94.6 Å². The average Bonchev–Trinajstić information content (AvgIpc) is 2.34. The molecule has 0 aliphatic heterocycles. The Balaban J connectivity index is 3.00. The molecule has 0 N–H and O–H groups in total. The molecule has 1 aliphatic carbocycles. The van der Waals surface area contributed by atoms with Crippen molar-refractivity contribution in [1.82, 2.24) is 0 Å². The van der Waals surface area contributed by atoms with Crippen LogP contribution in [0, 0.1) is 0 Å². The van der Waals surface area contributed by atoms with Crippen LogP contribution in [0.5, 0.6) is 0 Å². The van der Waals surface area contributed by atoms with E-state index in [1.807, 2.05) is 0 Å². The largest absolute Gasteiger partial charge is 0.0889 e. The second-order valence-corrected chi connectivity index (χ2v) is 9.68. The lowest BCUT2D eigenvalue weighted by atomic mass is 10.3. The van der Waals surface area contributed by atoms with Crippen LogP contribution in [0.3, 0.4) is 0 Å². The van der Waals surface area contributed by atoms with E-state index in [4.69, 9.17) is 11.6 Å². The SMILES string of the molecule is CC1=CCC(Cl)=C1[SiH](C(C)C)C(C)C. The summed E-state index contributed by atoms with van der Waals surface area (Å²) in [6.45, 7) is 11.6. The molecule has 80 valence electrons. The lowest BCUT2D eigenvalue weighted by Gasteiger charge is -2.26. The maximum Gasteiger partial charge on any atom is 0.0777 e. The highest BCUT2D eigenvalue weighted by Gasteiger charge is 2.28. The van der Waals surface area contributed by atoms with Crippen LogP contribution >= 0.6 is 11.6 Å². The third-order valence-electron chi connectivity index (χ3n) is 3.07. The molecule has 1 aliphatic rings. The Morgan fingerprint density at radius 3 is 2.00 bits per heavy atom. The molecule has 0 heterocycles. The van der Waals surface area contributed by atoms with E-state index >= 15 is 0 Å². The fourth-order valence-electron chi connectivity index (χ4n) is 2.56. The summed E-state index contributed by atoms with van der Waals surface area (Å²) in [5, 5.41) is 2.68. The normalized spacial score (nSPS) is 17.6. The lowest BCUT2D eigenvalue weighted by Crippen LogP contribution is -2.25. The minimum Gasteiger partial charge on any atom is -0.0889 e. The smallest absolute Gasteiger partial charge is 0.0777 e. The van der Waals surface area contributed by atoms with Crippen molar-refractivity contribution in [2.45, 2.75) is 52.1 Å². The van der Waals surface area contributed by atoms with Crippen LogP contribution in [0.25, 0.3) is 0 Å². The van der Waals surface area contributed by atoms with Crippen molar-refractivity contribution < 1.29 is 0 Å². The molecule has 0 spiro atoms. The van der Waals surface area contributed by atoms with Gasteiger partial charge in [-0.3, -0.25) is 0 Å². The first-order valence-corrected chi connectivity index (χ1v) is 7.79. The zero-order chi connectivity index (χ0) is 10.9. The van der Waals surface area contributed by atoms with Crippen LogP contribution in [-0.4, -0.2) is 8.80 Å². The van der Waals surface area contributed by atoms with Gasteiger partial charge in [-0.1, -0.05) is 50.9 Å². The van der Waals surface area contributed by atoms with Gasteiger partial charge in [0.15, 0.2) is 0 Å². The number of hydrogen-bond acceptors (Lipinski definition) is 0. The lowest BCUT2D eigenvalue weighted by molar-refractivity contribution is 0.942. The molecule has 0 saturated heterocycles. The molecule has 0 aromatic carbocycles. The van der Waals surface area contributed by atoms with Crippen molar-refractivity contribution in [3.63, 3.8) is 0 Å². The van der Waals surface area contributed by atoms with Gasteiger partial charge < -0.3 is 0 Å². The first kappa shape index (κ1) is 12.1. The monoisotopic (exact) mass is 228 g/mol. The van der Waals surface area contributed by atoms with Gasteiger partial charge in [0.2, 0.25) is 0 Å². The van der Waals surface area contributed by atoms with E-state index in [1.54, 1.807) is 5.20 Å². The fraction of sp³-hybridized carbons (Fsp3) is 0.667. The van der Waals surface area contributed by atoms with Crippen LogP contribution in [0.1, 0.15) is 41.0 Å². The van der Waals surface area contributed by atoms with Crippen molar-refractivity contribution in [2.75, 3.05) is 0 Å². The molecular formula is C12H21ClSi. The van der Waals surface area contributed by atoms with Crippen LogP contribution in [0.15, 0.2) is 21.9 Å². The topological polar surface area (TPSA) is 0 Å². The highest BCUT2D eigenvalue weighted by molar-refractivity contribution is 6.71. The van der Waals surface area contributed by atoms with Gasteiger partial charge in [-0.2, -0.15) is 0 Å². The predicted octanol–water partition coefficient (Wildman–Crippen LogP) is 4.42. The average molecular weight is 229 g/mol. The highest BCUT2D eigenvalue weighted by atomic mass is 35.5. The van der Waals surface area contributed by atoms with Gasteiger partial charge in [0.1, 0.15) is 0 Å². The first-order chi connectivity index (χ1) is 6.45. The summed E-state index contributed by atoms with van der Waals surface area (Å²) in [5.41, 5.74) is 3.06. The molecule has 0 radical (unpaired) electrons. The van der Waals surface area contributed by atoms with Crippen molar-refractivity contribution >= 4 is 20.4 Å². The van der Waals surface area contributed by atoms with E-state index in [0.29, 0.717) is 0 Å². The minimum atomic E-state index is -0.869. The minimum absolute atomic E-state index is 0.806. The Kier molecular flexibility index (Phi) is 4.02. The van der Waals surface area contributed by atoms with E-state index in [1.165, 1.54) is 5.57 Å². The molecule has 1 rings (SSSR count). The molecule has 14 heavy (non-hydrogen) atoms. The van der Waals surface area contributed by atoms with E-state index in [2.05, 4.69) is 40.7 Å². The van der Waals surface area contributed by atoms with Gasteiger partial charge in [-0.15, -0.1) is 0 Å². The number of rotatable bonds is 3. The Morgan fingerprint density at radius 1 is 1.21 bits per heavy atom. The first-order valence-electron chi connectivity index (χ1n) is 5.50. The van der Waals surface area contributed by atoms with Crippen molar-refractivity contribution in [2.24, 2.45) is 0 Å². The molecule has 0 unspecified atom stereocenters. The second kappa shape index (κ2) is 4.67. The quantitative estimate of drug-likeness (QED) is 0.628. The molecule has 0 nitrogen and oxygen atoms in total. The number of hydrogen-bond donors (Lipinski definition) is 0. The van der Waals surface area contributed by atoms with Gasteiger partial charge in [0.05, 0.1) is 8.80 Å². The third-order valence-corrected chi connectivity index (χ3v) is 7.96. The summed E-state index contributed by atoms with van der Waals surface area (Å²) < 4.78 is 0. The fourth-order valence-corrected chi connectivity index (χ4v) is 7.16. The summed E-state index contributed by atoms with van der Waals surface area (Å²) in [5.74, 6) is 0. The maximum absolute atomic E-state index is 6.32. The predicted molar refractivity (Wildman–Crippen MR) is 68.6 cm³/mol. The van der Waals surface area contributed by atoms with Crippen LogP contribution in [0.4, 0.5) is 0 Å². The molecule has 0 bridgehead atoms. The summed E-state index contributed by atoms with van der Waals surface area (Å²) in [6, 6.07) is 0. The molecule has 0 aromatic rings. The molecule has 0 amide bonds. The third kappa shape index (κ3) is 2.32. The van der Waals surface area contributed by atoms with Gasteiger partial charge in [-0.05, 0) is 23.2 Å². The van der Waals surface area contributed by atoms with Crippen LogP contribution in [0.2, 0.25) is 11.1 Å².